The van der Waals surface area contributed by atoms with Crippen LogP contribution in [0, 0.1) is 0 Å². The Morgan fingerprint density at radius 1 is 0.905 bits per heavy atom. The fourth-order valence-electron chi connectivity index (χ4n) is 2.66. The van der Waals surface area contributed by atoms with Gasteiger partial charge in [-0.15, -0.1) is 0 Å². The molecule has 5 nitrogen and oxygen atoms in total. The SMILES string of the molecule is OCc1ccc(CN2CCN(Cc3ccncc3)CC2)o1. The van der Waals surface area contributed by atoms with Gasteiger partial charge < -0.3 is 9.52 Å². The average Bonchev–Trinajstić information content (AvgIpc) is 2.98. The first kappa shape index (κ1) is 14.3. The number of rotatable bonds is 5. The third-order valence-corrected chi connectivity index (χ3v) is 3.87. The summed E-state index contributed by atoms with van der Waals surface area (Å²) in [7, 11) is 0. The van der Waals surface area contributed by atoms with Crippen molar-refractivity contribution in [3.63, 3.8) is 0 Å². The molecule has 5 heteroatoms. The quantitative estimate of drug-likeness (QED) is 0.903. The maximum absolute atomic E-state index is 9.01. The van der Waals surface area contributed by atoms with Gasteiger partial charge in [-0.1, -0.05) is 0 Å². The molecule has 1 saturated heterocycles. The van der Waals surface area contributed by atoms with Crippen LogP contribution in [0.3, 0.4) is 0 Å². The summed E-state index contributed by atoms with van der Waals surface area (Å²) in [6.07, 6.45) is 3.70. The van der Waals surface area contributed by atoms with E-state index in [1.54, 1.807) is 0 Å². The van der Waals surface area contributed by atoms with Gasteiger partial charge >= 0.3 is 0 Å². The van der Waals surface area contributed by atoms with Crippen molar-refractivity contribution in [1.29, 1.82) is 0 Å². The molecule has 2 aromatic heterocycles. The van der Waals surface area contributed by atoms with E-state index >= 15 is 0 Å². The van der Waals surface area contributed by atoms with Crippen molar-refractivity contribution in [2.75, 3.05) is 26.2 Å². The molecule has 0 amide bonds. The van der Waals surface area contributed by atoms with Crippen molar-refractivity contribution in [1.82, 2.24) is 14.8 Å². The lowest BCUT2D eigenvalue weighted by Crippen LogP contribution is -2.45. The van der Waals surface area contributed by atoms with E-state index in [2.05, 4.69) is 26.9 Å². The topological polar surface area (TPSA) is 52.7 Å². The number of pyridine rings is 1. The van der Waals surface area contributed by atoms with Crippen molar-refractivity contribution in [3.8, 4) is 0 Å². The molecule has 112 valence electrons. The molecular weight excluding hydrogens is 266 g/mol. The first-order chi connectivity index (χ1) is 10.3. The molecule has 1 aliphatic heterocycles. The zero-order chi connectivity index (χ0) is 14.5. The summed E-state index contributed by atoms with van der Waals surface area (Å²) in [6, 6.07) is 7.95. The van der Waals surface area contributed by atoms with Gasteiger partial charge in [-0.05, 0) is 29.8 Å². The van der Waals surface area contributed by atoms with E-state index in [9.17, 15) is 0 Å². The monoisotopic (exact) mass is 287 g/mol. The summed E-state index contributed by atoms with van der Waals surface area (Å²) in [5, 5.41) is 9.01. The number of aliphatic hydroxyl groups excluding tert-OH is 1. The summed E-state index contributed by atoms with van der Waals surface area (Å²) in [5.41, 5.74) is 1.32. The minimum atomic E-state index is -0.0281. The molecule has 0 saturated carbocycles. The summed E-state index contributed by atoms with van der Waals surface area (Å²) < 4.78 is 5.55. The lowest BCUT2D eigenvalue weighted by molar-refractivity contribution is 0.114. The average molecular weight is 287 g/mol. The number of nitrogens with zero attached hydrogens (tertiary/aromatic N) is 3. The van der Waals surface area contributed by atoms with Crippen LogP contribution >= 0.6 is 0 Å². The van der Waals surface area contributed by atoms with Crippen LogP contribution in [0.15, 0.2) is 41.1 Å². The molecule has 0 spiro atoms. The number of aliphatic hydroxyl groups is 1. The molecule has 0 aliphatic carbocycles. The highest BCUT2D eigenvalue weighted by Gasteiger charge is 2.18. The van der Waals surface area contributed by atoms with Gasteiger partial charge in [0.2, 0.25) is 0 Å². The lowest BCUT2D eigenvalue weighted by atomic mass is 10.2. The molecule has 1 N–H and O–H groups in total. The Balaban J connectivity index is 1.46. The maximum Gasteiger partial charge on any atom is 0.129 e. The Kier molecular flexibility index (Phi) is 4.65. The van der Waals surface area contributed by atoms with Crippen molar-refractivity contribution in [2.45, 2.75) is 19.7 Å². The first-order valence-corrected chi connectivity index (χ1v) is 7.35. The summed E-state index contributed by atoms with van der Waals surface area (Å²) in [5.74, 6) is 1.57. The highest BCUT2D eigenvalue weighted by molar-refractivity contribution is 5.09. The van der Waals surface area contributed by atoms with E-state index in [1.807, 2.05) is 24.5 Å². The minimum absolute atomic E-state index is 0.0281. The second-order valence-corrected chi connectivity index (χ2v) is 5.43. The molecule has 0 bridgehead atoms. The lowest BCUT2D eigenvalue weighted by Gasteiger charge is -2.34. The number of aromatic nitrogens is 1. The second-order valence-electron chi connectivity index (χ2n) is 5.43. The molecule has 0 radical (unpaired) electrons. The highest BCUT2D eigenvalue weighted by atomic mass is 16.4. The third kappa shape index (κ3) is 3.91. The molecule has 1 aliphatic rings. The highest BCUT2D eigenvalue weighted by Crippen LogP contribution is 2.13. The van der Waals surface area contributed by atoms with Gasteiger partial charge in [0.15, 0.2) is 0 Å². The van der Waals surface area contributed by atoms with Crippen LogP contribution < -0.4 is 0 Å². The van der Waals surface area contributed by atoms with Gasteiger partial charge in [-0.25, -0.2) is 0 Å². The zero-order valence-corrected chi connectivity index (χ0v) is 12.1. The van der Waals surface area contributed by atoms with Gasteiger partial charge in [0, 0.05) is 45.1 Å². The number of hydrogen-bond donors (Lipinski definition) is 1. The molecule has 0 atom stereocenters. The molecule has 2 aromatic rings. The third-order valence-electron chi connectivity index (χ3n) is 3.87. The Bertz CT molecular complexity index is 548. The normalized spacial score (nSPS) is 17.2. The van der Waals surface area contributed by atoms with Gasteiger partial charge in [0.25, 0.3) is 0 Å². The molecule has 0 aromatic carbocycles. The van der Waals surface area contributed by atoms with E-state index in [1.165, 1.54) is 5.56 Å². The van der Waals surface area contributed by atoms with Crippen LogP contribution in [0.2, 0.25) is 0 Å². The predicted octanol–water partition coefficient (Wildman–Crippen LogP) is 1.48. The van der Waals surface area contributed by atoms with E-state index in [0.29, 0.717) is 5.76 Å². The van der Waals surface area contributed by atoms with Crippen LogP contribution in [0.5, 0.6) is 0 Å². The fourth-order valence-corrected chi connectivity index (χ4v) is 2.66. The molecule has 0 unspecified atom stereocenters. The number of hydrogen-bond acceptors (Lipinski definition) is 5. The van der Waals surface area contributed by atoms with E-state index in [0.717, 1.165) is 45.0 Å². The fraction of sp³-hybridized carbons (Fsp3) is 0.438. The van der Waals surface area contributed by atoms with E-state index < -0.39 is 0 Å². The number of furan rings is 1. The van der Waals surface area contributed by atoms with E-state index in [4.69, 9.17) is 9.52 Å². The smallest absolute Gasteiger partial charge is 0.129 e. The van der Waals surface area contributed by atoms with Gasteiger partial charge in [0.1, 0.15) is 18.1 Å². The Hall–Kier alpha value is -1.69. The van der Waals surface area contributed by atoms with Crippen molar-refractivity contribution < 1.29 is 9.52 Å². The summed E-state index contributed by atoms with van der Waals surface area (Å²) in [4.78, 5) is 8.91. The van der Waals surface area contributed by atoms with Crippen LogP contribution in [0.4, 0.5) is 0 Å². The zero-order valence-electron chi connectivity index (χ0n) is 12.1. The summed E-state index contributed by atoms with van der Waals surface area (Å²) in [6.45, 7) is 6.00. The van der Waals surface area contributed by atoms with Gasteiger partial charge in [-0.3, -0.25) is 14.8 Å². The van der Waals surface area contributed by atoms with Crippen molar-refractivity contribution >= 4 is 0 Å². The van der Waals surface area contributed by atoms with Crippen LogP contribution in [0.1, 0.15) is 17.1 Å². The van der Waals surface area contributed by atoms with Crippen LogP contribution in [-0.2, 0) is 19.7 Å². The predicted molar refractivity (Wildman–Crippen MR) is 79.4 cm³/mol. The Morgan fingerprint density at radius 3 is 2.14 bits per heavy atom. The molecule has 21 heavy (non-hydrogen) atoms. The van der Waals surface area contributed by atoms with Gasteiger partial charge in [-0.2, -0.15) is 0 Å². The molecule has 3 rings (SSSR count). The largest absolute Gasteiger partial charge is 0.462 e. The molecular formula is C16H21N3O2. The first-order valence-electron chi connectivity index (χ1n) is 7.35. The van der Waals surface area contributed by atoms with Crippen LogP contribution in [0.25, 0.3) is 0 Å². The van der Waals surface area contributed by atoms with Crippen molar-refractivity contribution in [3.05, 3.63) is 53.7 Å². The second kappa shape index (κ2) is 6.85. The van der Waals surface area contributed by atoms with Crippen LogP contribution in [-0.4, -0.2) is 46.1 Å². The standard InChI is InChI=1S/C16H21N3O2/c20-13-16-2-1-15(21-16)12-19-9-7-18(8-10-19)11-14-3-5-17-6-4-14/h1-6,20H,7-13H2. The molecule has 1 fully saturated rings. The van der Waals surface area contributed by atoms with Gasteiger partial charge in [0.05, 0.1) is 6.54 Å². The minimum Gasteiger partial charge on any atom is -0.462 e. The van der Waals surface area contributed by atoms with Crippen molar-refractivity contribution in [2.24, 2.45) is 0 Å². The van der Waals surface area contributed by atoms with E-state index in [-0.39, 0.29) is 6.61 Å². The maximum atomic E-state index is 9.01. The molecule has 3 heterocycles. The Morgan fingerprint density at radius 2 is 1.52 bits per heavy atom. The Labute approximate surface area is 124 Å². The summed E-state index contributed by atoms with van der Waals surface area (Å²) >= 11 is 0. The number of piperazine rings is 1.